The Morgan fingerprint density at radius 2 is 1.54 bits per heavy atom. The number of nitrogens with zero attached hydrogens (tertiary/aromatic N) is 1. The zero-order valence-corrected chi connectivity index (χ0v) is 13.0. The lowest BCUT2D eigenvalue weighted by Gasteiger charge is -2.25. The Hall–Kier alpha value is -2.75. The number of hydrogen-bond acceptors (Lipinski definition) is 3. The van der Waals surface area contributed by atoms with Gasteiger partial charge in [-0.2, -0.15) is 0 Å². The lowest BCUT2D eigenvalue weighted by Crippen LogP contribution is -2.46. The molecule has 1 aliphatic rings. The van der Waals surface area contributed by atoms with E-state index in [4.69, 9.17) is 0 Å². The summed E-state index contributed by atoms with van der Waals surface area (Å²) in [6.45, 7) is 0. The smallest absolute Gasteiger partial charge is 0.210 e. The molecule has 3 aromatic carbocycles. The summed E-state index contributed by atoms with van der Waals surface area (Å²) < 4.78 is 0. The standard InChI is InChI=1S/C21H17NO2/c23-21(24)13-19-8-4-3-7-18(19)12-20(21)22-14-15-9-10-16-5-1-2-6-17(16)11-15/h1-14,20,23-24H. The van der Waals surface area contributed by atoms with E-state index in [0.29, 0.717) is 0 Å². The molecular weight excluding hydrogens is 298 g/mol. The van der Waals surface area contributed by atoms with Gasteiger partial charge in [0.15, 0.2) is 0 Å². The fourth-order valence-corrected chi connectivity index (χ4v) is 3.01. The number of benzene rings is 3. The summed E-state index contributed by atoms with van der Waals surface area (Å²) in [5.41, 5.74) is 0.928. The fourth-order valence-electron chi connectivity index (χ4n) is 3.01. The second kappa shape index (κ2) is 5.71. The molecule has 3 aromatic rings. The molecule has 0 heterocycles. The Labute approximate surface area is 139 Å². The van der Waals surface area contributed by atoms with Gasteiger partial charge in [0.25, 0.3) is 0 Å². The van der Waals surface area contributed by atoms with Crippen molar-refractivity contribution in [3.63, 3.8) is 0 Å². The summed E-state index contributed by atoms with van der Waals surface area (Å²) in [4.78, 5) is 4.40. The maximum absolute atomic E-state index is 10.3. The molecule has 0 saturated heterocycles. The van der Waals surface area contributed by atoms with Gasteiger partial charge < -0.3 is 10.2 Å². The summed E-state index contributed by atoms with van der Waals surface area (Å²) in [7, 11) is 0. The van der Waals surface area contributed by atoms with E-state index in [1.54, 1.807) is 12.3 Å². The van der Waals surface area contributed by atoms with E-state index in [1.807, 2.05) is 60.7 Å². The van der Waals surface area contributed by atoms with Crippen molar-refractivity contribution in [1.29, 1.82) is 0 Å². The van der Waals surface area contributed by atoms with E-state index in [9.17, 15) is 10.2 Å². The van der Waals surface area contributed by atoms with Gasteiger partial charge in [-0.15, -0.1) is 0 Å². The van der Waals surface area contributed by atoms with Crippen molar-refractivity contribution in [2.75, 3.05) is 0 Å². The minimum atomic E-state index is -1.98. The molecule has 0 fully saturated rings. The third-order valence-electron chi connectivity index (χ3n) is 4.29. The van der Waals surface area contributed by atoms with Crippen LogP contribution in [0.25, 0.3) is 22.9 Å². The minimum Gasteiger partial charge on any atom is -0.360 e. The first-order valence-electron chi connectivity index (χ1n) is 7.88. The quantitative estimate of drug-likeness (QED) is 0.557. The average molecular weight is 315 g/mol. The molecule has 0 amide bonds. The Morgan fingerprint density at radius 1 is 0.833 bits per heavy atom. The van der Waals surface area contributed by atoms with Crippen molar-refractivity contribution >= 4 is 29.1 Å². The van der Waals surface area contributed by atoms with E-state index in [1.165, 1.54) is 11.5 Å². The van der Waals surface area contributed by atoms with Crippen molar-refractivity contribution in [2.45, 2.75) is 11.8 Å². The molecule has 3 nitrogen and oxygen atoms in total. The van der Waals surface area contributed by atoms with Crippen molar-refractivity contribution in [2.24, 2.45) is 4.99 Å². The van der Waals surface area contributed by atoms with Gasteiger partial charge in [-0.05, 0) is 45.0 Å². The number of hydrogen-bond donors (Lipinski definition) is 2. The van der Waals surface area contributed by atoms with Gasteiger partial charge in [-0.1, -0.05) is 60.7 Å². The largest absolute Gasteiger partial charge is 0.360 e. The molecule has 24 heavy (non-hydrogen) atoms. The first-order chi connectivity index (χ1) is 11.6. The lowest BCUT2D eigenvalue weighted by atomic mass is 9.98. The molecule has 0 radical (unpaired) electrons. The van der Waals surface area contributed by atoms with Crippen molar-refractivity contribution < 1.29 is 10.2 Å². The van der Waals surface area contributed by atoms with Gasteiger partial charge in [0.1, 0.15) is 6.04 Å². The summed E-state index contributed by atoms with van der Waals surface area (Å²) in [6, 6.07) is 21.0. The summed E-state index contributed by atoms with van der Waals surface area (Å²) in [6.07, 6.45) is 4.92. The first-order valence-corrected chi connectivity index (χ1v) is 7.88. The van der Waals surface area contributed by atoms with Crippen LogP contribution in [-0.2, 0) is 0 Å². The highest BCUT2D eigenvalue weighted by Gasteiger charge is 2.31. The molecule has 0 aliphatic heterocycles. The molecule has 0 bridgehead atoms. The molecule has 2 N–H and O–H groups in total. The second-order valence-corrected chi connectivity index (χ2v) is 6.05. The third kappa shape index (κ3) is 2.75. The number of aliphatic hydroxyl groups is 2. The van der Waals surface area contributed by atoms with Gasteiger partial charge in [0.05, 0.1) is 0 Å². The predicted octanol–water partition coefficient (Wildman–Crippen LogP) is 1.58. The van der Waals surface area contributed by atoms with Crippen LogP contribution in [0.3, 0.4) is 0 Å². The maximum Gasteiger partial charge on any atom is 0.210 e. The topological polar surface area (TPSA) is 52.8 Å². The zero-order chi connectivity index (χ0) is 16.6. The van der Waals surface area contributed by atoms with E-state index >= 15 is 0 Å². The number of fused-ring (bicyclic) bond motifs is 2. The van der Waals surface area contributed by atoms with Crippen LogP contribution < -0.4 is 10.4 Å². The predicted molar refractivity (Wildman–Crippen MR) is 97.1 cm³/mol. The van der Waals surface area contributed by atoms with Gasteiger partial charge in [0, 0.05) is 6.21 Å². The van der Waals surface area contributed by atoms with Crippen LogP contribution >= 0.6 is 0 Å². The van der Waals surface area contributed by atoms with Gasteiger partial charge >= 0.3 is 0 Å². The van der Waals surface area contributed by atoms with Gasteiger partial charge in [-0.25, -0.2) is 0 Å². The van der Waals surface area contributed by atoms with Gasteiger partial charge in [0.2, 0.25) is 5.79 Å². The lowest BCUT2D eigenvalue weighted by molar-refractivity contribution is -0.107. The molecule has 1 unspecified atom stereocenters. The molecule has 1 aliphatic carbocycles. The van der Waals surface area contributed by atoms with E-state index in [2.05, 4.69) is 11.1 Å². The van der Waals surface area contributed by atoms with Crippen LogP contribution in [0.15, 0.2) is 71.7 Å². The van der Waals surface area contributed by atoms with Crippen LogP contribution in [-0.4, -0.2) is 28.3 Å². The van der Waals surface area contributed by atoms with Crippen LogP contribution in [0.5, 0.6) is 0 Å². The van der Waals surface area contributed by atoms with Crippen LogP contribution in [0.1, 0.15) is 5.56 Å². The Bertz CT molecular complexity index is 1050. The van der Waals surface area contributed by atoms with Crippen molar-refractivity contribution in [1.82, 2.24) is 0 Å². The monoisotopic (exact) mass is 315 g/mol. The highest BCUT2D eigenvalue weighted by Crippen LogP contribution is 2.18. The highest BCUT2D eigenvalue weighted by molar-refractivity contribution is 5.90. The van der Waals surface area contributed by atoms with Crippen molar-refractivity contribution in [3.8, 4) is 0 Å². The van der Waals surface area contributed by atoms with E-state index in [0.717, 1.165) is 21.4 Å². The van der Waals surface area contributed by atoms with E-state index in [-0.39, 0.29) is 0 Å². The van der Waals surface area contributed by atoms with Crippen molar-refractivity contribution in [3.05, 3.63) is 82.7 Å². The summed E-state index contributed by atoms with van der Waals surface area (Å²) >= 11 is 0. The van der Waals surface area contributed by atoms with Crippen LogP contribution in [0.4, 0.5) is 0 Å². The molecule has 1 atom stereocenters. The first kappa shape index (κ1) is 14.8. The van der Waals surface area contributed by atoms with Crippen LogP contribution in [0.2, 0.25) is 0 Å². The molecule has 0 spiro atoms. The second-order valence-electron chi connectivity index (χ2n) is 6.05. The summed E-state index contributed by atoms with van der Waals surface area (Å²) in [5.74, 6) is -1.98. The maximum atomic E-state index is 10.3. The Morgan fingerprint density at radius 3 is 2.38 bits per heavy atom. The minimum absolute atomic E-state index is 0.737. The molecule has 3 heteroatoms. The van der Waals surface area contributed by atoms with Crippen LogP contribution in [0, 0.1) is 0 Å². The molecule has 0 saturated carbocycles. The molecule has 4 rings (SSSR count). The zero-order valence-electron chi connectivity index (χ0n) is 13.0. The van der Waals surface area contributed by atoms with E-state index < -0.39 is 11.8 Å². The number of aliphatic imine (C=N–C) groups is 1. The third-order valence-corrected chi connectivity index (χ3v) is 4.29. The average Bonchev–Trinajstić information content (AvgIpc) is 2.59. The molecule has 0 aromatic heterocycles. The highest BCUT2D eigenvalue weighted by atomic mass is 16.5. The number of rotatable bonds is 2. The summed E-state index contributed by atoms with van der Waals surface area (Å²) in [5, 5.41) is 24.6. The normalized spacial score (nSPS) is 18.8. The van der Waals surface area contributed by atoms with Gasteiger partial charge in [-0.3, -0.25) is 4.99 Å². The fraction of sp³-hybridized carbons (Fsp3) is 0.0952. The Balaban J connectivity index is 1.70. The molecular formula is C21H17NO2. The molecule has 118 valence electrons. The Kier molecular flexibility index (Phi) is 3.53. The SMILES string of the molecule is OC1(O)C=c2ccccc2=CC1N=Cc1ccc2ccccc2c1.